The number of rotatable bonds is 7. The number of fused-ring (bicyclic) bond motifs is 1. The van der Waals surface area contributed by atoms with Crippen molar-refractivity contribution in [1.29, 1.82) is 0 Å². The largest absolute Gasteiger partial charge is 0.497 e. The molecular weight excluding hydrogens is 496 g/mol. The first kappa shape index (κ1) is 26.1. The minimum Gasteiger partial charge on any atom is -0.497 e. The molecule has 1 N–H and O–H groups in total. The maximum atomic E-state index is 14.1. The van der Waals surface area contributed by atoms with Gasteiger partial charge < -0.3 is 10.1 Å². The molecular formula is C32H33ClN2O3. The Morgan fingerprint density at radius 3 is 2.55 bits per heavy atom. The molecule has 196 valence electrons. The predicted octanol–water partition coefficient (Wildman–Crippen LogP) is 7.83. The van der Waals surface area contributed by atoms with Crippen LogP contribution in [0, 0.1) is 0 Å². The lowest BCUT2D eigenvalue weighted by atomic mass is 9.78. The van der Waals surface area contributed by atoms with Gasteiger partial charge in [-0.2, -0.15) is 0 Å². The summed E-state index contributed by atoms with van der Waals surface area (Å²) in [5.74, 6) is 0.777. The number of carbonyl (C=O) groups is 2. The molecule has 1 heterocycles. The van der Waals surface area contributed by atoms with Crippen molar-refractivity contribution >= 4 is 34.7 Å². The molecule has 0 unspecified atom stereocenters. The molecule has 2 atom stereocenters. The molecule has 5 rings (SSSR count). The Morgan fingerprint density at radius 1 is 1.00 bits per heavy atom. The summed E-state index contributed by atoms with van der Waals surface area (Å²) in [6.45, 7) is 2.13. The number of anilines is 2. The number of halogens is 1. The smallest absolute Gasteiger partial charge is 0.227 e. The molecule has 38 heavy (non-hydrogen) atoms. The third-order valence-corrected chi connectivity index (χ3v) is 7.75. The quantitative estimate of drug-likeness (QED) is 0.317. The monoisotopic (exact) mass is 528 g/mol. The third kappa shape index (κ3) is 5.21. The third-order valence-electron chi connectivity index (χ3n) is 7.50. The van der Waals surface area contributed by atoms with Gasteiger partial charge in [-0.1, -0.05) is 67.8 Å². The van der Waals surface area contributed by atoms with Gasteiger partial charge >= 0.3 is 0 Å². The second-order valence-corrected chi connectivity index (χ2v) is 10.5. The van der Waals surface area contributed by atoms with Crippen LogP contribution in [-0.2, 0) is 9.59 Å². The van der Waals surface area contributed by atoms with Gasteiger partial charge in [0, 0.05) is 29.1 Å². The van der Waals surface area contributed by atoms with Gasteiger partial charge in [0.15, 0.2) is 5.78 Å². The maximum absolute atomic E-state index is 14.1. The lowest BCUT2D eigenvalue weighted by Crippen LogP contribution is -2.38. The predicted molar refractivity (Wildman–Crippen MR) is 153 cm³/mol. The van der Waals surface area contributed by atoms with E-state index in [0.29, 0.717) is 35.6 Å². The Bertz CT molecular complexity index is 1370. The Hall–Kier alpha value is -3.57. The molecule has 0 bridgehead atoms. The number of hydrogen-bond donors (Lipinski definition) is 1. The number of ketones is 1. The zero-order chi connectivity index (χ0) is 26.6. The van der Waals surface area contributed by atoms with E-state index < -0.39 is 6.04 Å². The van der Waals surface area contributed by atoms with E-state index in [1.54, 1.807) is 7.11 Å². The van der Waals surface area contributed by atoms with Crippen molar-refractivity contribution in [2.75, 3.05) is 17.3 Å². The highest BCUT2D eigenvalue weighted by Crippen LogP contribution is 2.48. The maximum Gasteiger partial charge on any atom is 0.227 e. The van der Waals surface area contributed by atoms with E-state index in [0.717, 1.165) is 47.5 Å². The SMILES string of the molecule is CCCCCC(=O)N1c2ccccc2NC2=C(C(=O)C[C@H](c3ccc(Cl)cc3)C2)[C@@H]1c1cccc(OC)c1. The highest BCUT2D eigenvalue weighted by Gasteiger charge is 2.41. The van der Waals surface area contributed by atoms with Gasteiger partial charge in [0.25, 0.3) is 0 Å². The summed E-state index contributed by atoms with van der Waals surface area (Å²) >= 11 is 6.13. The number of nitrogens with one attached hydrogen (secondary N) is 1. The van der Waals surface area contributed by atoms with E-state index >= 15 is 0 Å². The summed E-state index contributed by atoms with van der Waals surface area (Å²) in [4.78, 5) is 29.8. The van der Waals surface area contributed by atoms with E-state index in [1.807, 2.05) is 77.7 Å². The van der Waals surface area contributed by atoms with E-state index in [9.17, 15) is 9.59 Å². The van der Waals surface area contributed by atoms with Crippen LogP contribution in [-0.4, -0.2) is 18.8 Å². The molecule has 1 aliphatic heterocycles. The fourth-order valence-electron chi connectivity index (χ4n) is 5.61. The molecule has 3 aromatic carbocycles. The number of para-hydroxylation sites is 2. The first-order valence-electron chi connectivity index (χ1n) is 13.3. The second kappa shape index (κ2) is 11.4. The van der Waals surface area contributed by atoms with Gasteiger partial charge in [0.05, 0.1) is 24.5 Å². The molecule has 1 amide bonds. The van der Waals surface area contributed by atoms with Crippen LogP contribution < -0.4 is 15.0 Å². The van der Waals surface area contributed by atoms with Crippen molar-refractivity contribution in [1.82, 2.24) is 0 Å². The number of Topliss-reactive ketones (excluding diaryl/α,β-unsaturated/α-hetero) is 1. The molecule has 0 saturated heterocycles. The average molecular weight is 529 g/mol. The lowest BCUT2D eigenvalue weighted by Gasteiger charge is -2.35. The van der Waals surface area contributed by atoms with Gasteiger partial charge in [-0.15, -0.1) is 0 Å². The van der Waals surface area contributed by atoms with Crippen molar-refractivity contribution in [2.45, 2.75) is 57.4 Å². The van der Waals surface area contributed by atoms with Crippen LogP contribution in [0.1, 0.15) is 68.5 Å². The summed E-state index contributed by atoms with van der Waals surface area (Å²) < 4.78 is 5.54. The first-order valence-corrected chi connectivity index (χ1v) is 13.7. The molecule has 3 aromatic rings. The standard InChI is InChI=1S/C32H33ClN2O3/c1-3-4-5-13-30(37)35-28-12-7-6-11-26(28)34-27-19-23(21-14-16-24(33)17-15-21)20-29(36)31(27)32(35)22-9-8-10-25(18-22)38-2/h6-12,14-18,23,32,34H,3-5,13,19-20H2,1-2H3/t23-,32+/m1/s1. The minimum atomic E-state index is -0.552. The number of amides is 1. The van der Waals surface area contributed by atoms with E-state index in [2.05, 4.69) is 12.2 Å². The Balaban J connectivity index is 1.67. The molecule has 0 fully saturated rings. The molecule has 1 aliphatic carbocycles. The van der Waals surface area contributed by atoms with Crippen LogP contribution in [0.3, 0.4) is 0 Å². The first-order chi connectivity index (χ1) is 18.5. The summed E-state index contributed by atoms with van der Waals surface area (Å²) in [5, 5.41) is 4.26. The van der Waals surface area contributed by atoms with Crippen LogP contribution >= 0.6 is 11.6 Å². The van der Waals surface area contributed by atoms with Crippen LogP contribution in [0.25, 0.3) is 0 Å². The van der Waals surface area contributed by atoms with Gasteiger partial charge in [-0.3, -0.25) is 14.5 Å². The Kier molecular flexibility index (Phi) is 7.85. The van der Waals surface area contributed by atoms with E-state index in [4.69, 9.17) is 16.3 Å². The van der Waals surface area contributed by atoms with Crippen LogP contribution in [0.4, 0.5) is 11.4 Å². The second-order valence-electron chi connectivity index (χ2n) is 10.0. The summed E-state index contributed by atoms with van der Waals surface area (Å²) in [5.41, 5.74) is 5.08. The van der Waals surface area contributed by atoms with Crippen molar-refractivity contribution < 1.29 is 14.3 Å². The highest BCUT2D eigenvalue weighted by atomic mass is 35.5. The summed E-state index contributed by atoms with van der Waals surface area (Å²) in [6.07, 6.45) is 4.29. The Labute approximate surface area is 229 Å². The number of allylic oxidation sites excluding steroid dienone is 1. The lowest BCUT2D eigenvalue weighted by molar-refractivity contribution is -0.119. The fraction of sp³-hybridized carbons (Fsp3) is 0.312. The zero-order valence-corrected chi connectivity index (χ0v) is 22.6. The van der Waals surface area contributed by atoms with Crippen molar-refractivity contribution in [3.05, 3.63) is 100 Å². The number of nitrogens with zero attached hydrogens (tertiary/aromatic N) is 1. The summed E-state index contributed by atoms with van der Waals surface area (Å²) in [7, 11) is 1.63. The molecule has 0 spiro atoms. The molecule has 2 aliphatic rings. The van der Waals surface area contributed by atoms with E-state index in [-0.39, 0.29) is 17.6 Å². The van der Waals surface area contributed by atoms with Gasteiger partial charge in [-0.25, -0.2) is 0 Å². The fourth-order valence-corrected chi connectivity index (χ4v) is 5.74. The average Bonchev–Trinajstić information content (AvgIpc) is 3.08. The summed E-state index contributed by atoms with van der Waals surface area (Å²) in [6, 6.07) is 22.8. The van der Waals surface area contributed by atoms with Crippen LogP contribution in [0.5, 0.6) is 5.75 Å². The zero-order valence-electron chi connectivity index (χ0n) is 21.9. The van der Waals surface area contributed by atoms with Gasteiger partial charge in [-0.05, 0) is 66.3 Å². The number of hydrogen-bond acceptors (Lipinski definition) is 4. The van der Waals surface area contributed by atoms with Crippen molar-refractivity contribution in [2.24, 2.45) is 0 Å². The minimum absolute atomic E-state index is 0.0156. The van der Waals surface area contributed by atoms with Gasteiger partial charge in [0.2, 0.25) is 5.91 Å². The number of unbranched alkanes of at least 4 members (excludes halogenated alkanes) is 2. The number of ether oxygens (including phenoxy) is 1. The van der Waals surface area contributed by atoms with Crippen molar-refractivity contribution in [3.63, 3.8) is 0 Å². The van der Waals surface area contributed by atoms with Crippen LogP contribution in [0.2, 0.25) is 5.02 Å². The molecule has 0 saturated carbocycles. The number of benzene rings is 3. The van der Waals surface area contributed by atoms with E-state index in [1.165, 1.54) is 0 Å². The highest BCUT2D eigenvalue weighted by molar-refractivity contribution is 6.30. The number of methoxy groups -OCH3 is 1. The molecule has 6 heteroatoms. The van der Waals surface area contributed by atoms with Crippen LogP contribution in [0.15, 0.2) is 84.1 Å². The number of carbonyl (C=O) groups excluding carboxylic acids is 2. The van der Waals surface area contributed by atoms with Gasteiger partial charge in [0.1, 0.15) is 5.75 Å². The topological polar surface area (TPSA) is 58.6 Å². The Morgan fingerprint density at radius 2 is 1.79 bits per heavy atom. The molecule has 0 aromatic heterocycles. The molecule has 5 nitrogen and oxygen atoms in total. The normalized spacial score (nSPS) is 18.8. The molecule has 0 radical (unpaired) electrons. The van der Waals surface area contributed by atoms with Crippen molar-refractivity contribution in [3.8, 4) is 5.75 Å².